The predicted molar refractivity (Wildman–Crippen MR) is 52.4 cm³/mol. The molecule has 7 nitrogen and oxygen atoms in total. The number of nitro groups is 1. The first kappa shape index (κ1) is 10.8. The molecule has 1 rings (SSSR count). The summed E-state index contributed by atoms with van der Waals surface area (Å²) in [5, 5.41) is 20.9. The molecule has 4 N–H and O–H groups in total. The number of anilines is 1. The number of hydrogen-bond donors (Lipinski definition) is 3. The standard InChI is InChI=1S/C8H9N3O4/c9-7-2-1-6(11(14)15)3-5(7)4-10-8(12)13/h1-3,10H,4,9H2,(H,12,13). The van der Waals surface area contributed by atoms with Crippen molar-refractivity contribution in [1.82, 2.24) is 5.32 Å². The number of nitro benzene ring substituents is 1. The number of rotatable bonds is 3. The Bertz CT molecular complexity index is 405. The molecular formula is C8H9N3O4. The van der Waals surface area contributed by atoms with Crippen LogP contribution in [0.2, 0.25) is 0 Å². The molecule has 15 heavy (non-hydrogen) atoms. The fourth-order valence-electron chi connectivity index (χ4n) is 1.03. The van der Waals surface area contributed by atoms with Crippen molar-refractivity contribution in [2.75, 3.05) is 5.73 Å². The van der Waals surface area contributed by atoms with Crippen LogP contribution in [0.15, 0.2) is 18.2 Å². The Kier molecular flexibility index (Phi) is 3.06. The van der Waals surface area contributed by atoms with Gasteiger partial charge in [0.2, 0.25) is 0 Å². The van der Waals surface area contributed by atoms with Crippen molar-refractivity contribution in [1.29, 1.82) is 0 Å². The third kappa shape index (κ3) is 2.83. The summed E-state index contributed by atoms with van der Waals surface area (Å²) in [6, 6.07) is 3.88. The van der Waals surface area contributed by atoms with Crippen molar-refractivity contribution in [2.24, 2.45) is 0 Å². The molecule has 0 atom stereocenters. The molecule has 0 heterocycles. The van der Waals surface area contributed by atoms with Crippen LogP contribution in [0.5, 0.6) is 0 Å². The lowest BCUT2D eigenvalue weighted by atomic mass is 10.1. The molecule has 0 aliphatic rings. The zero-order valence-electron chi connectivity index (χ0n) is 7.64. The molecule has 0 radical (unpaired) electrons. The molecule has 0 bridgehead atoms. The van der Waals surface area contributed by atoms with Crippen LogP contribution in [0.4, 0.5) is 16.2 Å². The molecule has 0 saturated carbocycles. The van der Waals surface area contributed by atoms with Gasteiger partial charge in [0.25, 0.3) is 5.69 Å². The number of hydrogen-bond acceptors (Lipinski definition) is 4. The van der Waals surface area contributed by atoms with Crippen molar-refractivity contribution in [2.45, 2.75) is 6.54 Å². The van der Waals surface area contributed by atoms with E-state index in [1.165, 1.54) is 18.2 Å². The number of non-ortho nitro benzene ring substituents is 1. The smallest absolute Gasteiger partial charge is 0.404 e. The minimum atomic E-state index is -1.21. The average Bonchev–Trinajstić information content (AvgIpc) is 2.16. The highest BCUT2D eigenvalue weighted by Gasteiger charge is 2.09. The molecule has 0 fully saturated rings. The lowest BCUT2D eigenvalue weighted by Crippen LogP contribution is -2.20. The van der Waals surface area contributed by atoms with Gasteiger partial charge in [0, 0.05) is 29.9 Å². The van der Waals surface area contributed by atoms with Crippen molar-refractivity contribution in [3.05, 3.63) is 33.9 Å². The summed E-state index contributed by atoms with van der Waals surface area (Å²) in [5.74, 6) is 0. The fraction of sp³-hybridized carbons (Fsp3) is 0.125. The zero-order chi connectivity index (χ0) is 11.4. The number of nitrogens with one attached hydrogen (secondary N) is 1. The molecule has 0 aliphatic carbocycles. The van der Waals surface area contributed by atoms with Crippen molar-refractivity contribution >= 4 is 17.5 Å². The third-order valence-electron chi connectivity index (χ3n) is 1.77. The predicted octanol–water partition coefficient (Wildman–Crippen LogP) is 0.945. The lowest BCUT2D eigenvalue weighted by molar-refractivity contribution is -0.384. The van der Waals surface area contributed by atoms with E-state index in [2.05, 4.69) is 5.32 Å². The van der Waals surface area contributed by atoms with Gasteiger partial charge in [-0.3, -0.25) is 10.1 Å². The Labute approximate surface area is 84.7 Å². The molecule has 0 spiro atoms. The van der Waals surface area contributed by atoms with Crippen molar-refractivity contribution < 1.29 is 14.8 Å². The molecule has 1 aromatic carbocycles. The Morgan fingerprint density at radius 1 is 1.60 bits per heavy atom. The van der Waals surface area contributed by atoms with E-state index in [9.17, 15) is 14.9 Å². The quantitative estimate of drug-likeness (QED) is 0.390. The third-order valence-corrected chi connectivity index (χ3v) is 1.77. The largest absolute Gasteiger partial charge is 0.465 e. The van der Waals surface area contributed by atoms with Gasteiger partial charge in [-0.25, -0.2) is 4.79 Å². The summed E-state index contributed by atoms with van der Waals surface area (Å²) < 4.78 is 0. The molecule has 0 saturated heterocycles. The number of benzene rings is 1. The van der Waals surface area contributed by atoms with Crippen molar-refractivity contribution in [3.63, 3.8) is 0 Å². The molecule has 0 unspecified atom stereocenters. The van der Waals surface area contributed by atoms with Gasteiger partial charge < -0.3 is 16.2 Å². The number of amides is 1. The van der Waals surface area contributed by atoms with Crippen LogP contribution in [0, 0.1) is 10.1 Å². The Morgan fingerprint density at radius 2 is 2.27 bits per heavy atom. The first-order valence-corrected chi connectivity index (χ1v) is 4.00. The minimum absolute atomic E-state index is 0.0527. The summed E-state index contributed by atoms with van der Waals surface area (Å²) >= 11 is 0. The second kappa shape index (κ2) is 4.27. The number of carbonyl (C=O) groups is 1. The van der Waals surface area contributed by atoms with Crippen LogP contribution in [-0.2, 0) is 6.54 Å². The number of nitrogens with two attached hydrogens (primary N) is 1. The van der Waals surface area contributed by atoms with E-state index in [4.69, 9.17) is 10.8 Å². The van der Waals surface area contributed by atoms with E-state index in [0.717, 1.165) is 0 Å². The molecule has 1 amide bonds. The monoisotopic (exact) mass is 211 g/mol. The van der Waals surface area contributed by atoms with Crippen LogP contribution in [-0.4, -0.2) is 16.1 Å². The number of nitrogen functional groups attached to an aromatic ring is 1. The lowest BCUT2D eigenvalue weighted by Gasteiger charge is -2.04. The van der Waals surface area contributed by atoms with Gasteiger partial charge in [0.1, 0.15) is 0 Å². The maximum atomic E-state index is 10.4. The Morgan fingerprint density at radius 3 is 2.80 bits per heavy atom. The molecule has 80 valence electrons. The molecule has 0 aromatic heterocycles. The van der Waals surface area contributed by atoms with E-state index < -0.39 is 11.0 Å². The highest BCUT2D eigenvalue weighted by Crippen LogP contribution is 2.19. The molecular weight excluding hydrogens is 202 g/mol. The van der Waals surface area contributed by atoms with Crippen LogP contribution < -0.4 is 11.1 Å². The zero-order valence-corrected chi connectivity index (χ0v) is 7.64. The Balaban J connectivity index is 2.90. The van der Waals surface area contributed by atoms with Gasteiger partial charge in [0.05, 0.1) is 4.92 Å². The second-order valence-electron chi connectivity index (χ2n) is 2.80. The fourth-order valence-corrected chi connectivity index (χ4v) is 1.03. The summed E-state index contributed by atoms with van der Waals surface area (Å²) in [5.41, 5.74) is 6.10. The molecule has 7 heteroatoms. The molecule has 0 aliphatic heterocycles. The normalized spacial score (nSPS) is 9.60. The SMILES string of the molecule is Nc1ccc([N+](=O)[O-])cc1CNC(=O)O. The second-order valence-corrected chi connectivity index (χ2v) is 2.80. The summed E-state index contributed by atoms with van der Waals surface area (Å²) in [6.07, 6.45) is -1.21. The maximum Gasteiger partial charge on any atom is 0.404 e. The van der Waals surface area contributed by atoms with Gasteiger partial charge in [-0.1, -0.05) is 0 Å². The van der Waals surface area contributed by atoms with E-state index in [1.54, 1.807) is 0 Å². The van der Waals surface area contributed by atoms with E-state index in [-0.39, 0.29) is 12.2 Å². The van der Waals surface area contributed by atoms with E-state index >= 15 is 0 Å². The number of nitrogens with zero attached hydrogens (tertiary/aromatic N) is 1. The average molecular weight is 211 g/mol. The highest BCUT2D eigenvalue weighted by molar-refractivity contribution is 5.65. The summed E-state index contributed by atoms with van der Waals surface area (Å²) in [7, 11) is 0. The van der Waals surface area contributed by atoms with Crippen LogP contribution in [0.3, 0.4) is 0 Å². The van der Waals surface area contributed by atoms with Gasteiger partial charge in [-0.05, 0) is 6.07 Å². The van der Waals surface area contributed by atoms with Crippen molar-refractivity contribution in [3.8, 4) is 0 Å². The Hall–Kier alpha value is -2.31. The van der Waals surface area contributed by atoms with Gasteiger partial charge in [0.15, 0.2) is 0 Å². The summed E-state index contributed by atoms with van der Waals surface area (Å²) in [6.45, 7) is -0.0527. The summed E-state index contributed by atoms with van der Waals surface area (Å²) in [4.78, 5) is 20.1. The highest BCUT2D eigenvalue weighted by atomic mass is 16.6. The maximum absolute atomic E-state index is 10.4. The van der Waals surface area contributed by atoms with Gasteiger partial charge in [-0.2, -0.15) is 0 Å². The first-order chi connectivity index (χ1) is 7.00. The topological polar surface area (TPSA) is 118 Å². The minimum Gasteiger partial charge on any atom is -0.465 e. The van der Waals surface area contributed by atoms with E-state index in [0.29, 0.717) is 11.3 Å². The number of carboxylic acid groups (broad SMARTS) is 1. The van der Waals surface area contributed by atoms with Gasteiger partial charge >= 0.3 is 6.09 Å². The van der Waals surface area contributed by atoms with Crippen LogP contribution >= 0.6 is 0 Å². The van der Waals surface area contributed by atoms with Gasteiger partial charge in [-0.15, -0.1) is 0 Å². The molecule has 1 aromatic rings. The first-order valence-electron chi connectivity index (χ1n) is 4.00. The van der Waals surface area contributed by atoms with E-state index in [1.807, 2.05) is 0 Å². The van der Waals surface area contributed by atoms with Crippen LogP contribution in [0.1, 0.15) is 5.56 Å². The van der Waals surface area contributed by atoms with Crippen LogP contribution in [0.25, 0.3) is 0 Å².